The zero-order chi connectivity index (χ0) is 17.8. The van der Waals surface area contributed by atoms with Gasteiger partial charge in [0.05, 0.1) is 19.8 Å². The number of halogens is 2. The van der Waals surface area contributed by atoms with Crippen molar-refractivity contribution in [1.82, 2.24) is 10.2 Å². The van der Waals surface area contributed by atoms with E-state index in [2.05, 4.69) is 5.32 Å². The highest BCUT2D eigenvalue weighted by Crippen LogP contribution is 2.25. The van der Waals surface area contributed by atoms with Gasteiger partial charge in [-0.3, -0.25) is 9.59 Å². The van der Waals surface area contributed by atoms with E-state index in [0.717, 1.165) is 25.0 Å². The Balaban J connectivity index is 1.45. The van der Waals surface area contributed by atoms with Crippen LogP contribution in [0.25, 0.3) is 0 Å². The summed E-state index contributed by atoms with van der Waals surface area (Å²) in [6, 6.07) is 2.54. The predicted molar refractivity (Wildman–Crippen MR) is 83.7 cm³/mol. The molecule has 0 atom stereocenters. The van der Waals surface area contributed by atoms with E-state index < -0.39 is 17.5 Å². The van der Waals surface area contributed by atoms with E-state index >= 15 is 0 Å². The molecule has 8 heteroatoms. The maximum atomic E-state index is 13.1. The van der Waals surface area contributed by atoms with Crippen LogP contribution in [0.1, 0.15) is 23.2 Å². The minimum absolute atomic E-state index is 0.153. The summed E-state index contributed by atoms with van der Waals surface area (Å²) in [6.45, 7) is 2.14. The molecule has 136 valence electrons. The number of carbonyl (C=O) groups is 2. The van der Waals surface area contributed by atoms with Crippen molar-refractivity contribution in [2.24, 2.45) is 5.92 Å². The van der Waals surface area contributed by atoms with E-state index in [1.807, 2.05) is 0 Å². The van der Waals surface area contributed by atoms with Crippen LogP contribution in [0.2, 0.25) is 0 Å². The van der Waals surface area contributed by atoms with E-state index in [1.54, 1.807) is 4.90 Å². The van der Waals surface area contributed by atoms with Crippen molar-refractivity contribution in [3.63, 3.8) is 0 Å². The Labute approximate surface area is 144 Å². The molecule has 2 amide bonds. The van der Waals surface area contributed by atoms with E-state index in [-0.39, 0.29) is 30.2 Å². The van der Waals surface area contributed by atoms with Crippen LogP contribution in [0.15, 0.2) is 18.2 Å². The highest BCUT2D eigenvalue weighted by atomic mass is 19.1. The molecular formula is C17H20F2N2O4. The standard InChI is InChI=1S/C17H20F2N2O4/c18-13-7-12(8-14(19)9-13)16(23)20-10-15(22)21-3-1-11(2-4-21)17-24-5-6-25-17/h7-9,11,17H,1-6,10H2,(H,20,23). The zero-order valence-electron chi connectivity index (χ0n) is 13.7. The molecule has 2 aliphatic rings. The topological polar surface area (TPSA) is 67.9 Å². The van der Waals surface area contributed by atoms with E-state index in [1.165, 1.54) is 0 Å². The monoisotopic (exact) mass is 354 g/mol. The fraction of sp³-hybridized carbons (Fsp3) is 0.529. The number of likely N-dealkylation sites (tertiary alicyclic amines) is 1. The second-order valence-corrected chi connectivity index (χ2v) is 6.17. The molecule has 0 unspecified atom stereocenters. The molecule has 2 aliphatic heterocycles. The van der Waals surface area contributed by atoms with Crippen LogP contribution >= 0.6 is 0 Å². The molecule has 1 aromatic carbocycles. The van der Waals surface area contributed by atoms with Gasteiger partial charge in [-0.1, -0.05) is 0 Å². The smallest absolute Gasteiger partial charge is 0.251 e. The van der Waals surface area contributed by atoms with Gasteiger partial charge in [-0.25, -0.2) is 8.78 Å². The van der Waals surface area contributed by atoms with Crippen molar-refractivity contribution in [2.75, 3.05) is 32.8 Å². The molecule has 0 aromatic heterocycles. The van der Waals surface area contributed by atoms with Gasteiger partial charge in [0, 0.05) is 30.6 Å². The Morgan fingerprint density at radius 1 is 1.08 bits per heavy atom. The van der Waals surface area contributed by atoms with Gasteiger partial charge in [-0.15, -0.1) is 0 Å². The molecule has 2 heterocycles. The molecule has 0 radical (unpaired) electrons. The van der Waals surface area contributed by atoms with E-state index in [0.29, 0.717) is 32.4 Å². The van der Waals surface area contributed by atoms with Crippen LogP contribution in [0.4, 0.5) is 8.78 Å². The van der Waals surface area contributed by atoms with Gasteiger partial charge in [-0.2, -0.15) is 0 Å². The lowest BCUT2D eigenvalue weighted by molar-refractivity contribution is -0.135. The normalized spacial score (nSPS) is 19.2. The number of rotatable bonds is 4. The van der Waals surface area contributed by atoms with Gasteiger partial charge in [-0.05, 0) is 25.0 Å². The fourth-order valence-corrected chi connectivity index (χ4v) is 3.12. The van der Waals surface area contributed by atoms with Crippen LogP contribution in [-0.2, 0) is 14.3 Å². The summed E-state index contributed by atoms with van der Waals surface area (Å²) in [7, 11) is 0. The van der Waals surface area contributed by atoms with Gasteiger partial charge in [0.1, 0.15) is 11.6 Å². The molecule has 6 nitrogen and oxygen atoms in total. The summed E-state index contributed by atoms with van der Waals surface area (Å²) in [4.78, 5) is 25.8. The van der Waals surface area contributed by atoms with Crippen LogP contribution in [0, 0.1) is 17.6 Å². The average Bonchev–Trinajstić information content (AvgIpc) is 3.13. The first kappa shape index (κ1) is 17.8. The Kier molecular flexibility index (Phi) is 5.60. The molecular weight excluding hydrogens is 334 g/mol. The minimum atomic E-state index is -0.838. The maximum Gasteiger partial charge on any atom is 0.251 e. The Bertz CT molecular complexity index is 621. The van der Waals surface area contributed by atoms with Gasteiger partial charge in [0.2, 0.25) is 5.91 Å². The Morgan fingerprint density at radius 2 is 1.68 bits per heavy atom. The number of carbonyl (C=O) groups excluding carboxylic acids is 2. The molecule has 0 saturated carbocycles. The Morgan fingerprint density at radius 3 is 2.28 bits per heavy atom. The Hall–Kier alpha value is -2.06. The van der Waals surface area contributed by atoms with Crippen molar-refractivity contribution in [1.29, 1.82) is 0 Å². The third kappa shape index (κ3) is 4.52. The first-order valence-electron chi connectivity index (χ1n) is 8.28. The second-order valence-electron chi connectivity index (χ2n) is 6.17. The minimum Gasteiger partial charge on any atom is -0.350 e. The molecule has 2 fully saturated rings. The van der Waals surface area contributed by atoms with Crippen molar-refractivity contribution in [2.45, 2.75) is 19.1 Å². The molecule has 25 heavy (non-hydrogen) atoms. The predicted octanol–water partition coefficient (Wildman–Crippen LogP) is 1.31. The largest absolute Gasteiger partial charge is 0.350 e. The van der Waals surface area contributed by atoms with Crippen LogP contribution in [0.3, 0.4) is 0 Å². The van der Waals surface area contributed by atoms with Crippen molar-refractivity contribution >= 4 is 11.8 Å². The highest BCUT2D eigenvalue weighted by molar-refractivity contribution is 5.96. The molecule has 0 spiro atoms. The first-order chi connectivity index (χ1) is 12.0. The molecule has 3 rings (SSSR count). The summed E-state index contributed by atoms with van der Waals surface area (Å²) in [5.41, 5.74) is -0.153. The highest BCUT2D eigenvalue weighted by Gasteiger charge is 2.31. The van der Waals surface area contributed by atoms with Crippen LogP contribution in [-0.4, -0.2) is 55.9 Å². The van der Waals surface area contributed by atoms with Crippen molar-refractivity contribution < 1.29 is 27.8 Å². The summed E-state index contributed by atoms with van der Waals surface area (Å²) >= 11 is 0. The number of piperidine rings is 1. The SMILES string of the molecule is O=C(NCC(=O)N1CCC(C2OCCO2)CC1)c1cc(F)cc(F)c1. The van der Waals surface area contributed by atoms with Crippen molar-refractivity contribution in [3.05, 3.63) is 35.4 Å². The van der Waals surface area contributed by atoms with Crippen LogP contribution in [0.5, 0.6) is 0 Å². The quantitative estimate of drug-likeness (QED) is 0.885. The lowest BCUT2D eigenvalue weighted by atomic mass is 9.96. The molecule has 0 bridgehead atoms. The first-order valence-corrected chi connectivity index (χ1v) is 8.28. The third-order valence-electron chi connectivity index (χ3n) is 4.45. The summed E-state index contributed by atoms with van der Waals surface area (Å²) in [5.74, 6) is -2.31. The maximum absolute atomic E-state index is 13.1. The van der Waals surface area contributed by atoms with Gasteiger partial charge < -0.3 is 19.7 Å². The van der Waals surface area contributed by atoms with Gasteiger partial charge in [0.25, 0.3) is 5.91 Å². The number of hydrogen-bond donors (Lipinski definition) is 1. The molecule has 1 aromatic rings. The number of nitrogens with one attached hydrogen (secondary N) is 1. The van der Waals surface area contributed by atoms with Gasteiger partial charge >= 0.3 is 0 Å². The third-order valence-corrected chi connectivity index (χ3v) is 4.45. The van der Waals surface area contributed by atoms with E-state index in [4.69, 9.17) is 9.47 Å². The van der Waals surface area contributed by atoms with E-state index in [9.17, 15) is 18.4 Å². The molecule has 0 aliphatic carbocycles. The summed E-state index contributed by atoms with van der Waals surface area (Å²) < 4.78 is 37.2. The number of benzene rings is 1. The van der Waals surface area contributed by atoms with Gasteiger partial charge in [0.15, 0.2) is 6.29 Å². The number of ether oxygens (including phenoxy) is 2. The summed E-state index contributed by atoms with van der Waals surface area (Å²) in [5, 5.41) is 2.40. The second kappa shape index (κ2) is 7.88. The van der Waals surface area contributed by atoms with Crippen LogP contribution < -0.4 is 5.32 Å². The lowest BCUT2D eigenvalue weighted by Gasteiger charge is -2.33. The lowest BCUT2D eigenvalue weighted by Crippen LogP contribution is -2.45. The summed E-state index contributed by atoms with van der Waals surface area (Å²) in [6.07, 6.45) is 1.37. The zero-order valence-corrected chi connectivity index (χ0v) is 13.7. The fourth-order valence-electron chi connectivity index (χ4n) is 3.12. The molecule has 1 N–H and O–H groups in total. The number of amides is 2. The average molecular weight is 354 g/mol. The number of hydrogen-bond acceptors (Lipinski definition) is 4. The van der Waals surface area contributed by atoms with Crippen molar-refractivity contribution in [3.8, 4) is 0 Å². The number of nitrogens with zero attached hydrogens (tertiary/aromatic N) is 1. The molecule has 2 saturated heterocycles.